The van der Waals surface area contributed by atoms with Crippen LogP contribution in [0, 0.1) is 5.92 Å². The normalized spacial score (nSPS) is 20.4. The van der Waals surface area contributed by atoms with Crippen LogP contribution in [0.15, 0.2) is 48.7 Å². The molecule has 0 spiro atoms. The van der Waals surface area contributed by atoms with Gasteiger partial charge in [0.2, 0.25) is 0 Å². The lowest BCUT2D eigenvalue weighted by molar-refractivity contribution is -0.167. The molecule has 1 atom stereocenters. The van der Waals surface area contributed by atoms with Gasteiger partial charge in [-0.3, -0.25) is 14.7 Å². The standard InChI is InChI=1S/C26H30F3N3O/c1-18-5-7-20(8-6-18)23-16-21(9-10-24(23)31-25(33)26(27,28)29)19-11-14-32(15-12-19)17-22-4-2-3-13-30-22/h2-4,7,9-10,13,16,18-19H,5-6,8,11-12,14-15,17H2,1H3,(H,31,33). The number of carbonyl (C=O) groups is 1. The lowest BCUT2D eigenvalue weighted by Gasteiger charge is -2.32. The summed E-state index contributed by atoms with van der Waals surface area (Å²) in [4.78, 5) is 18.4. The molecule has 1 unspecified atom stereocenters. The monoisotopic (exact) mass is 457 g/mol. The first-order valence-corrected chi connectivity index (χ1v) is 11.6. The zero-order valence-electron chi connectivity index (χ0n) is 18.9. The molecule has 2 aromatic rings. The summed E-state index contributed by atoms with van der Waals surface area (Å²) in [5, 5.41) is 2.10. The van der Waals surface area contributed by atoms with Crippen molar-refractivity contribution >= 4 is 17.2 Å². The summed E-state index contributed by atoms with van der Waals surface area (Å²) in [5.74, 6) is -1.02. The largest absolute Gasteiger partial charge is 0.471 e. The number of amides is 1. The first-order chi connectivity index (χ1) is 15.8. The highest BCUT2D eigenvalue weighted by Gasteiger charge is 2.39. The molecule has 0 saturated carbocycles. The lowest BCUT2D eigenvalue weighted by atomic mass is 9.83. The summed E-state index contributed by atoms with van der Waals surface area (Å²) in [6, 6.07) is 11.5. The van der Waals surface area contributed by atoms with Gasteiger partial charge in [-0.2, -0.15) is 13.2 Å². The van der Waals surface area contributed by atoms with Crippen LogP contribution in [0.25, 0.3) is 5.57 Å². The van der Waals surface area contributed by atoms with Gasteiger partial charge in [0.25, 0.3) is 0 Å². The topological polar surface area (TPSA) is 45.2 Å². The number of piperidine rings is 1. The van der Waals surface area contributed by atoms with Crippen LogP contribution >= 0.6 is 0 Å². The van der Waals surface area contributed by atoms with Gasteiger partial charge in [-0.25, -0.2) is 0 Å². The number of pyridine rings is 1. The van der Waals surface area contributed by atoms with Crippen LogP contribution in [0.1, 0.15) is 61.8 Å². The van der Waals surface area contributed by atoms with Crippen molar-refractivity contribution in [3.8, 4) is 0 Å². The molecule has 1 aromatic heterocycles. The van der Waals surface area contributed by atoms with Crippen LogP contribution in [0.3, 0.4) is 0 Å². The van der Waals surface area contributed by atoms with Gasteiger partial charge >= 0.3 is 12.1 Å². The molecule has 7 heteroatoms. The number of benzene rings is 1. The Kier molecular flexibility index (Phi) is 7.17. The Morgan fingerprint density at radius 2 is 1.94 bits per heavy atom. The number of allylic oxidation sites excluding steroid dienone is 2. The number of nitrogens with one attached hydrogen (secondary N) is 1. The van der Waals surface area contributed by atoms with E-state index < -0.39 is 12.1 Å². The smallest absolute Gasteiger partial charge is 0.318 e. The second kappa shape index (κ2) is 10.1. The highest BCUT2D eigenvalue weighted by Crippen LogP contribution is 2.38. The summed E-state index contributed by atoms with van der Waals surface area (Å²) in [6.07, 6.45) is 3.68. The summed E-state index contributed by atoms with van der Waals surface area (Å²) in [6.45, 7) is 4.90. The predicted molar refractivity (Wildman–Crippen MR) is 124 cm³/mol. The quantitative estimate of drug-likeness (QED) is 0.584. The second-order valence-electron chi connectivity index (χ2n) is 9.24. The Morgan fingerprint density at radius 1 is 1.15 bits per heavy atom. The lowest BCUT2D eigenvalue weighted by Crippen LogP contribution is -2.32. The minimum Gasteiger partial charge on any atom is -0.318 e. The maximum atomic E-state index is 12.9. The Bertz CT molecular complexity index is 996. The van der Waals surface area contributed by atoms with Crippen LogP contribution in [0.4, 0.5) is 18.9 Å². The van der Waals surface area contributed by atoms with Crippen LogP contribution in [-0.2, 0) is 11.3 Å². The van der Waals surface area contributed by atoms with Gasteiger partial charge in [0, 0.05) is 24.0 Å². The molecule has 1 saturated heterocycles. The molecular weight excluding hydrogens is 427 g/mol. The molecule has 2 heterocycles. The fraction of sp³-hybridized carbons (Fsp3) is 0.462. The van der Waals surface area contributed by atoms with Crippen molar-refractivity contribution in [3.63, 3.8) is 0 Å². The Morgan fingerprint density at radius 3 is 2.58 bits per heavy atom. The summed E-state index contributed by atoms with van der Waals surface area (Å²) < 4.78 is 38.7. The number of likely N-dealkylation sites (tertiary alicyclic amines) is 1. The highest BCUT2D eigenvalue weighted by atomic mass is 19.4. The number of carbonyl (C=O) groups excluding carboxylic acids is 1. The molecule has 1 amide bonds. The van der Waals surface area contributed by atoms with E-state index in [0.29, 0.717) is 11.8 Å². The third kappa shape index (κ3) is 6.02. The van der Waals surface area contributed by atoms with Crippen molar-refractivity contribution in [1.29, 1.82) is 0 Å². The molecule has 0 radical (unpaired) electrons. The van der Waals surface area contributed by atoms with Gasteiger partial charge in [-0.1, -0.05) is 25.1 Å². The summed E-state index contributed by atoms with van der Waals surface area (Å²) in [7, 11) is 0. The number of halogens is 3. The molecule has 0 bridgehead atoms. The SMILES string of the molecule is CC1CC=C(c2cc(C3CCN(Cc4ccccn4)CC3)ccc2NC(=O)C(F)(F)F)CC1. The first kappa shape index (κ1) is 23.5. The number of hydrogen-bond acceptors (Lipinski definition) is 3. The Balaban J connectivity index is 1.51. The van der Waals surface area contributed by atoms with Crippen molar-refractivity contribution in [2.45, 2.75) is 57.7 Å². The van der Waals surface area contributed by atoms with Crippen LogP contribution in [0.5, 0.6) is 0 Å². The van der Waals surface area contributed by atoms with E-state index in [9.17, 15) is 18.0 Å². The number of alkyl halides is 3. The molecule has 1 aromatic carbocycles. The minimum absolute atomic E-state index is 0.245. The first-order valence-electron chi connectivity index (χ1n) is 11.6. The predicted octanol–water partition coefficient (Wildman–Crippen LogP) is 6.17. The zero-order chi connectivity index (χ0) is 23.4. The molecule has 1 N–H and O–H groups in total. The fourth-order valence-electron chi connectivity index (χ4n) is 4.74. The van der Waals surface area contributed by atoms with Crippen LogP contribution < -0.4 is 5.32 Å². The molecular formula is C26H30F3N3O. The Labute approximate surface area is 192 Å². The maximum absolute atomic E-state index is 12.9. The van der Waals surface area contributed by atoms with E-state index in [0.717, 1.165) is 74.1 Å². The van der Waals surface area contributed by atoms with Crippen LogP contribution in [0.2, 0.25) is 0 Å². The molecule has 176 valence electrons. The Hall–Kier alpha value is -2.67. The zero-order valence-corrected chi connectivity index (χ0v) is 18.9. The van der Waals surface area contributed by atoms with E-state index in [2.05, 4.69) is 28.2 Å². The van der Waals surface area contributed by atoms with E-state index >= 15 is 0 Å². The van der Waals surface area contributed by atoms with Gasteiger partial charge < -0.3 is 5.32 Å². The molecule has 1 aliphatic heterocycles. The third-order valence-electron chi connectivity index (χ3n) is 6.74. The number of rotatable bonds is 5. The average molecular weight is 458 g/mol. The maximum Gasteiger partial charge on any atom is 0.471 e. The summed E-state index contributed by atoms with van der Waals surface area (Å²) >= 11 is 0. The second-order valence-corrected chi connectivity index (χ2v) is 9.24. The van der Waals surface area contributed by atoms with Crippen molar-refractivity contribution in [2.24, 2.45) is 5.92 Å². The van der Waals surface area contributed by atoms with Gasteiger partial charge in [0.15, 0.2) is 0 Å². The van der Waals surface area contributed by atoms with E-state index in [1.807, 2.05) is 36.5 Å². The molecule has 1 fully saturated rings. The third-order valence-corrected chi connectivity index (χ3v) is 6.74. The van der Waals surface area contributed by atoms with E-state index in [4.69, 9.17) is 0 Å². The van der Waals surface area contributed by atoms with Crippen molar-refractivity contribution in [3.05, 3.63) is 65.5 Å². The van der Waals surface area contributed by atoms with E-state index in [-0.39, 0.29) is 5.69 Å². The molecule has 1 aliphatic carbocycles. The number of aromatic nitrogens is 1. The fourth-order valence-corrected chi connectivity index (χ4v) is 4.74. The number of anilines is 1. The highest BCUT2D eigenvalue weighted by molar-refractivity contribution is 5.97. The summed E-state index contributed by atoms with van der Waals surface area (Å²) in [5.41, 5.74) is 4.19. The van der Waals surface area contributed by atoms with Crippen molar-refractivity contribution in [1.82, 2.24) is 9.88 Å². The van der Waals surface area contributed by atoms with Crippen LogP contribution in [-0.4, -0.2) is 35.1 Å². The molecule has 2 aliphatic rings. The van der Waals surface area contributed by atoms with Crippen molar-refractivity contribution in [2.75, 3.05) is 18.4 Å². The molecule has 4 nitrogen and oxygen atoms in total. The average Bonchev–Trinajstić information content (AvgIpc) is 2.80. The van der Waals surface area contributed by atoms with Gasteiger partial charge in [-0.15, -0.1) is 0 Å². The van der Waals surface area contributed by atoms with E-state index in [1.54, 1.807) is 6.07 Å². The van der Waals surface area contributed by atoms with Gasteiger partial charge in [0.05, 0.1) is 5.69 Å². The van der Waals surface area contributed by atoms with E-state index in [1.165, 1.54) is 0 Å². The van der Waals surface area contributed by atoms with Crippen molar-refractivity contribution < 1.29 is 18.0 Å². The van der Waals surface area contributed by atoms with Gasteiger partial charge in [0.1, 0.15) is 0 Å². The minimum atomic E-state index is -4.91. The number of nitrogens with zero attached hydrogens (tertiary/aromatic N) is 2. The molecule has 33 heavy (non-hydrogen) atoms. The molecule has 4 rings (SSSR count). The van der Waals surface area contributed by atoms with Gasteiger partial charge in [-0.05, 0) is 92.4 Å². The number of hydrogen-bond donors (Lipinski definition) is 1.